The molecule has 1 saturated carbocycles. The number of aromatic nitrogens is 2. The third kappa shape index (κ3) is 3.26. The molecule has 0 unspecified atom stereocenters. The highest BCUT2D eigenvalue weighted by molar-refractivity contribution is 4.97. The minimum Gasteiger partial charge on any atom is -0.339 e. The summed E-state index contributed by atoms with van der Waals surface area (Å²) in [4.78, 5) is 6.53. The normalized spacial score (nSPS) is 25.4. The molecule has 2 rings (SSSR count). The van der Waals surface area contributed by atoms with Gasteiger partial charge in [0.05, 0.1) is 6.54 Å². The van der Waals surface area contributed by atoms with Crippen molar-refractivity contribution in [2.24, 2.45) is 0 Å². The molecule has 96 valence electrons. The molecule has 0 bridgehead atoms. The van der Waals surface area contributed by atoms with Crippen LogP contribution in [0.4, 0.5) is 0 Å². The minimum atomic E-state index is 0.461. The molecule has 0 aromatic carbocycles. The molecule has 5 heteroatoms. The van der Waals surface area contributed by atoms with Crippen molar-refractivity contribution in [2.45, 2.75) is 44.2 Å². The monoisotopic (exact) mass is 238 g/mol. The summed E-state index contributed by atoms with van der Waals surface area (Å²) >= 11 is 0. The Labute approximate surface area is 103 Å². The molecule has 1 fully saturated rings. The smallest absolute Gasteiger partial charge is 0.229 e. The van der Waals surface area contributed by atoms with Gasteiger partial charge in [-0.25, -0.2) is 0 Å². The Bertz CT molecular complexity index is 342. The van der Waals surface area contributed by atoms with Crippen LogP contribution < -0.4 is 5.32 Å². The van der Waals surface area contributed by atoms with Crippen LogP contribution in [-0.2, 0) is 6.54 Å². The highest BCUT2D eigenvalue weighted by Crippen LogP contribution is 2.31. The summed E-state index contributed by atoms with van der Waals surface area (Å²) in [6.45, 7) is 0.745. The molecule has 1 heterocycles. The average Bonchev–Trinajstić information content (AvgIpc) is 2.77. The van der Waals surface area contributed by atoms with E-state index in [0.717, 1.165) is 31.1 Å². The maximum Gasteiger partial charge on any atom is 0.229 e. The second-order valence-electron chi connectivity index (χ2n) is 5.12. The molecule has 0 atom stereocenters. The third-order valence-electron chi connectivity index (χ3n) is 3.43. The quantitative estimate of drug-likeness (QED) is 0.858. The first-order valence-corrected chi connectivity index (χ1v) is 6.33. The molecular formula is C12H22N4O. The van der Waals surface area contributed by atoms with Crippen molar-refractivity contribution in [1.82, 2.24) is 20.4 Å². The number of nitrogens with one attached hydrogen (secondary N) is 1. The lowest BCUT2D eigenvalue weighted by molar-refractivity contribution is 0.285. The molecule has 0 amide bonds. The van der Waals surface area contributed by atoms with E-state index in [4.69, 9.17) is 4.52 Å². The molecule has 1 aliphatic carbocycles. The van der Waals surface area contributed by atoms with Crippen LogP contribution in [0.25, 0.3) is 0 Å². The Hall–Kier alpha value is -0.940. The topological polar surface area (TPSA) is 54.2 Å². The zero-order valence-corrected chi connectivity index (χ0v) is 10.9. The van der Waals surface area contributed by atoms with Gasteiger partial charge in [-0.15, -0.1) is 0 Å². The fraction of sp³-hybridized carbons (Fsp3) is 0.833. The third-order valence-corrected chi connectivity index (χ3v) is 3.43. The molecule has 0 aliphatic heterocycles. The van der Waals surface area contributed by atoms with Crippen molar-refractivity contribution in [3.8, 4) is 0 Å². The number of hydrogen-bond donors (Lipinski definition) is 1. The molecular weight excluding hydrogens is 216 g/mol. The van der Waals surface area contributed by atoms with Crippen molar-refractivity contribution < 1.29 is 4.52 Å². The van der Waals surface area contributed by atoms with E-state index < -0.39 is 0 Å². The standard InChI is InChI=1S/C12H22N4O/c1-13-10-6-4-9(5-7-10)12-14-11(15-17-12)8-16(2)3/h9-10,13H,4-8H2,1-3H3. The van der Waals surface area contributed by atoms with Crippen LogP contribution in [0.3, 0.4) is 0 Å². The van der Waals surface area contributed by atoms with Crippen molar-refractivity contribution in [1.29, 1.82) is 0 Å². The summed E-state index contributed by atoms with van der Waals surface area (Å²) in [6.07, 6.45) is 4.70. The van der Waals surface area contributed by atoms with E-state index >= 15 is 0 Å². The molecule has 0 spiro atoms. The fourth-order valence-electron chi connectivity index (χ4n) is 2.41. The lowest BCUT2D eigenvalue weighted by Gasteiger charge is -2.25. The predicted octanol–water partition coefficient (Wildman–Crippen LogP) is 1.38. The van der Waals surface area contributed by atoms with Gasteiger partial charge in [-0.2, -0.15) is 4.98 Å². The van der Waals surface area contributed by atoms with Crippen LogP contribution in [0.1, 0.15) is 43.3 Å². The summed E-state index contributed by atoms with van der Waals surface area (Å²) in [5, 5.41) is 7.36. The van der Waals surface area contributed by atoms with Crippen LogP contribution in [0, 0.1) is 0 Å². The van der Waals surface area contributed by atoms with Crippen LogP contribution >= 0.6 is 0 Å². The largest absolute Gasteiger partial charge is 0.339 e. The second-order valence-corrected chi connectivity index (χ2v) is 5.12. The first-order valence-electron chi connectivity index (χ1n) is 6.33. The number of nitrogens with zero attached hydrogens (tertiary/aromatic N) is 3. The summed E-state index contributed by atoms with van der Waals surface area (Å²) in [6, 6.07) is 0.662. The molecule has 0 radical (unpaired) electrons. The van der Waals surface area contributed by atoms with Crippen molar-refractivity contribution in [3.05, 3.63) is 11.7 Å². The van der Waals surface area contributed by atoms with Crippen LogP contribution in [-0.4, -0.2) is 42.2 Å². The Morgan fingerprint density at radius 2 is 2.00 bits per heavy atom. The minimum absolute atomic E-state index is 0.461. The van der Waals surface area contributed by atoms with Crippen LogP contribution in [0.2, 0.25) is 0 Å². The van der Waals surface area contributed by atoms with Crippen LogP contribution in [0.15, 0.2) is 4.52 Å². The van der Waals surface area contributed by atoms with Crippen molar-refractivity contribution in [2.75, 3.05) is 21.1 Å². The van der Waals surface area contributed by atoms with Gasteiger partial charge in [0.15, 0.2) is 5.82 Å². The van der Waals surface area contributed by atoms with Crippen LogP contribution in [0.5, 0.6) is 0 Å². The Morgan fingerprint density at radius 1 is 1.29 bits per heavy atom. The molecule has 1 aromatic rings. The first-order chi connectivity index (χ1) is 8.19. The van der Waals surface area contributed by atoms with Gasteiger partial charge in [-0.1, -0.05) is 5.16 Å². The SMILES string of the molecule is CNC1CCC(c2nc(CN(C)C)no2)CC1. The van der Waals surface area contributed by atoms with Gasteiger partial charge in [-0.3, -0.25) is 0 Å². The lowest BCUT2D eigenvalue weighted by Crippen LogP contribution is -2.29. The summed E-state index contributed by atoms with van der Waals surface area (Å²) in [5.74, 6) is 2.08. The average molecular weight is 238 g/mol. The Balaban J connectivity index is 1.92. The van der Waals surface area contributed by atoms with E-state index in [1.54, 1.807) is 0 Å². The van der Waals surface area contributed by atoms with Gasteiger partial charge in [0.2, 0.25) is 5.89 Å². The maximum atomic E-state index is 5.37. The van der Waals surface area contributed by atoms with Gasteiger partial charge in [0.1, 0.15) is 0 Å². The summed E-state index contributed by atoms with van der Waals surface area (Å²) in [7, 11) is 6.05. The maximum absolute atomic E-state index is 5.37. The first kappa shape index (κ1) is 12.5. The van der Waals surface area contributed by atoms with Gasteiger partial charge < -0.3 is 14.7 Å². The summed E-state index contributed by atoms with van der Waals surface area (Å²) < 4.78 is 5.37. The van der Waals surface area contributed by atoms with Gasteiger partial charge in [0.25, 0.3) is 0 Å². The lowest BCUT2D eigenvalue weighted by atomic mass is 9.86. The predicted molar refractivity (Wildman–Crippen MR) is 65.7 cm³/mol. The zero-order valence-electron chi connectivity index (χ0n) is 10.9. The van der Waals surface area contributed by atoms with E-state index in [1.807, 2.05) is 26.0 Å². The van der Waals surface area contributed by atoms with Gasteiger partial charge >= 0.3 is 0 Å². The summed E-state index contributed by atoms with van der Waals surface area (Å²) in [5.41, 5.74) is 0. The van der Waals surface area contributed by atoms with E-state index in [1.165, 1.54) is 12.8 Å². The zero-order chi connectivity index (χ0) is 12.3. The fourth-order valence-corrected chi connectivity index (χ4v) is 2.41. The Kier molecular flexibility index (Phi) is 4.12. The van der Waals surface area contributed by atoms with Crippen molar-refractivity contribution in [3.63, 3.8) is 0 Å². The number of rotatable bonds is 4. The molecule has 1 aromatic heterocycles. The van der Waals surface area contributed by atoms with E-state index in [0.29, 0.717) is 12.0 Å². The molecule has 5 nitrogen and oxygen atoms in total. The van der Waals surface area contributed by atoms with E-state index in [2.05, 4.69) is 15.5 Å². The molecule has 1 N–H and O–H groups in total. The van der Waals surface area contributed by atoms with Crippen molar-refractivity contribution >= 4 is 0 Å². The second kappa shape index (κ2) is 5.60. The van der Waals surface area contributed by atoms with Gasteiger partial charge in [0, 0.05) is 12.0 Å². The molecule has 17 heavy (non-hydrogen) atoms. The molecule has 0 saturated heterocycles. The highest BCUT2D eigenvalue weighted by atomic mass is 16.5. The molecule has 1 aliphatic rings. The number of hydrogen-bond acceptors (Lipinski definition) is 5. The van der Waals surface area contributed by atoms with E-state index in [9.17, 15) is 0 Å². The Morgan fingerprint density at radius 3 is 2.59 bits per heavy atom. The van der Waals surface area contributed by atoms with Gasteiger partial charge in [-0.05, 0) is 46.8 Å². The highest BCUT2D eigenvalue weighted by Gasteiger charge is 2.25. The van der Waals surface area contributed by atoms with E-state index in [-0.39, 0.29) is 0 Å².